The lowest BCUT2D eigenvalue weighted by Crippen LogP contribution is -2.14. The number of hydrogen-bond donors (Lipinski definition) is 1. The van der Waals surface area contributed by atoms with Crippen LogP contribution in [0.15, 0.2) is 0 Å². The van der Waals surface area contributed by atoms with Gasteiger partial charge in [-0.2, -0.15) is 0 Å². The van der Waals surface area contributed by atoms with Crippen LogP contribution < -0.4 is 5.73 Å². The van der Waals surface area contributed by atoms with Crippen molar-refractivity contribution >= 4 is 6.09 Å². The highest BCUT2D eigenvalue weighted by Crippen LogP contribution is 2.26. The quantitative estimate of drug-likeness (QED) is 0.559. The van der Waals surface area contributed by atoms with Crippen LogP contribution in [0.4, 0.5) is 4.79 Å². The Morgan fingerprint density at radius 1 is 1.21 bits per heavy atom. The highest BCUT2D eigenvalue weighted by atomic mass is 16.5. The van der Waals surface area contributed by atoms with Gasteiger partial charge in [0.05, 0.1) is 6.61 Å². The second-order valence-electron chi connectivity index (χ2n) is 4.17. The molecule has 0 aromatic rings. The zero-order valence-corrected chi connectivity index (χ0v) is 8.84. The fourth-order valence-corrected chi connectivity index (χ4v) is 2.20. The van der Waals surface area contributed by atoms with Gasteiger partial charge in [0, 0.05) is 0 Å². The van der Waals surface area contributed by atoms with Crippen LogP contribution in [0.5, 0.6) is 0 Å². The number of carbonyl (C=O) groups is 1. The second kappa shape index (κ2) is 6.68. The van der Waals surface area contributed by atoms with Gasteiger partial charge in [0.2, 0.25) is 0 Å². The molecule has 1 amide bonds. The smallest absolute Gasteiger partial charge is 0.404 e. The number of primary amides is 1. The van der Waals surface area contributed by atoms with Gasteiger partial charge in [-0.3, -0.25) is 0 Å². The summed E-state index contributed by atoms with van der Waals surface area (Å²) in [5.41, 5.74) is 4.88. The molecule has 1 aliphatic carbocycles. The van der Waals surface area contributed by atoms with Crippen LogP contribution in [0.2, 0.25) is 0 Å². The number of carbonyl (C=O) groups excluding carboxylic acids is 1. The van der Waals surface area contributed by atoms with E-state index in [2.05, 4.69) is 0 Å². The Kier molecular flexibility index (Phi) is 5.42. The average Bonchev–Trinajstić information content (AvgIpc) is 2.40. The van der Waals surface area contributed by atoms with Crippen molar-refractivity contribution in [2.24, 2.45) is 11.7 Å². The van der Waals surface area contributed by atoms with Gasteiger partial charge < -0.3 is 10.5 Å². The van der Waals surface area contributed by atoms with Gasteiger partial charge >= 0.3 is 6.09 Å². The molecule has 0 spiro atoms. The minimum atomic E-state index is -0.647. The lowest BCUT2D eigenvalue weighted by molar-refractivity contribution is 0.152. The van der Waals surface area contributed by atoms with E-state index in [4.69, 9.17) is 10.5 Å². The van der Waals surface area contributed by atoms with Gasteiger partial charge in [0.15, 0.2) is 0 Å². The highest BCUT2D eigenvalue weighted by Gasteiger charge is 2.11. The molecule has 0 unspecified atom stereocenters. The Labute approximate surface area is 86.0 Å². The molecular formula is C11H21NO2. The molecule has 0 radical (unpaired) electrons. The fraction of sp³-hybridized carbons (Fsp3) is 0.909. The lowest BCUT2D eigenvalue weighted by Gasteiger charge is -2.12. The van der Waals surface area contributed by atoms with E-state index >= 15 is 0 Å². The topological polar surface area (TPSA) is 52.3 Å². The maximum absolute atomic E-state index is 10.3. The van der Waals surface area contributed by atoms with Gasteiger partial charge in [0.1, 0.15) is 0 Å². The van der Waals surface area contributed by atoms with Gasteiger partial charge in [0.25, 0.3) is 0 Å². The Morgan fingerprint density at radius 3 is 2.43 bits per heavy atom. The van der Waals surface area contributed by atoms with Crippen LogP contribution in [0.3, 0.4) is 0 Å². The molecule has 0 heterocycles. The normalized spacial score (nSPS) is 18.9. The van der Waals surface area contributed by atoms with E-state index in [-0.39, 0.29) is 0 Å². The van der Waals surface area contributed by atoms with E-state index in [1.54, 1.807) is 0 Å². The first-order valence-corrected chi connectivity index (χ1v) is 5.71. The Balaban J connectivity index is 2.01. The third-order valence-electron chi connectivity index (χ3n) is 2.98. The largest absolute Gasteiger partial charge is 0.450 e. The third-order valence-corrected chi connectivity index (χ3v) is 2.98. The summed E-state index contributed by atoms with van der Waals surface area (Å²) in [6, 6.07) is 0. The zero-order valence-electron chi connectivity index (χ0n) is 8.84. The Bertz CT molecular complexity index is 163. The van der Waals surface area contributed by atoms with E-state index in [0.717, 1.165) is 12.3 Å². The van der Waals surface area contributed by atoms with Gasteiger partial charge in [-0.05, 0) is 18.8 Å². The van der Waals surface area contributed by atoms with Crippen LogP contribution in [0, 0.1) is 5.92 Å². The van der Waals surface area contributed by atoms with E-state index in [9.17, 15) is 4.79 Å². The predicted octanol–water partition coefficient (Wildman–Crippen LogP) is 2.83. The summed E-state index contributed by atoms with van der Waals surface area (Å²) in [5.74, 6) is 0.856. The SMILES string of the molecule is NC(=O)OCCCC1CCCCCC1. The van der Waals surface area contributed by atoms with Crippen LogP contribution >= 0.6 is 0 Å². The van der Waals surface area contributed by atoms with E-state index < -0.39 is 6.09 Å². The molecule has 3 nitrogen and oxygen atoms in total. The molecule has 1 aliphatic rings. The Morgan fingerprint density at radius 2 is 1.86 bits per heavy atom. The number of rotatable bonds is 4. The summed E-state index contributed by atoms with van der Waals surface area (Å²) in [7, 11) is 0. The van der Waals surface area contributed by atoms with Gasteiger partial charge in [-0.1, -0.05) is 38.5 Å². The molecule has 3 heteroatoms. The van der Waals surface area contributed by atoms with Gasteiger partial charge in [-0.25, -0.2) is 4.79 Å². The van der Waals surface area contributed by atoms with Crippen molar-refractivity contribution in [1.29, 1.82) is 0 Å². The van der Waals surface area contributed by atoms with Crippen LogP contribution in [0.25, 0.3) is 0 Å². The summed E-state index contributed by atoms with van der Waals surface area (Å²) >= 11 is 0. The van der Waals surface area contributed by atoms with Crippen molar-refractivity contribution in [2.75, 3.05) is 6.61 Å². The number of amides is 1. The van der Waals surface area contributed by atoms with Crippen molar-refractivity contribution in [2.45, 2.75) is 51.4 Å². The molecule has 0 aromatic carbocycles. The summed E-state index contributed by atoms with van der Waals surface area (Å²) in [6.45, 7) is 0.492. The molecule has 0 atom stereocenters. The van der Waals surface area contributed by atoms with Crippen LogP contribution in [-0.4, -0.2) is 12.7 Å². The standard InChI is InChI=1S/C11H21NO2/c12-11(13)14-9-5-8-10-6-3-1-2-4-7-10/h10H,1-9H2,(H2,12,13). The van der Waals surface area contributed by atoms with Crippen LogP contribution in [0.1, 0.15) is 51.4 Å². The molecule has 0 aromatic heterocycles. The summed E-state index contributed by atoms with van der Waals surface area (Å²) in [6.07, 6.45) is 9.77. The van der Waals surface area contributed by atoms with Crippen LogP contribution in [-0.2, 0) is 4.74 Å². The molecule has 1 fully saturated rings. The summed E-state index contributed by atoms with van der Waals surface area (Å²) in [4.78, 5) is 10.3. The first-order valence-electron chi connectivity index (χ1n) is 5.71. The first kappa shape index (κ1) is 11.3. The minimum Gasteiger partial charge on any atom is -0.450 e. The molecule has 0 aliphatic heterocycles. The molecule has 1 rings (SSSR count). The molecule has 0 bridgehead atoms. The molecule has 14 heavy (non-hydrogen) atoms. The van der Waals surface area contributed by atoms with Crippen molar-refractivity contribution in [3.63, 3.8) is 0 Å². The van der Waals surface area contributed by atoms with Gasteiger partial charge in [-0.15, -0.1) is 0 Å². The van der Waals surface area contributed by atoms with Crippen molar-refractivity contribution in [3.8, 4) is 0 Å². The van der Waals surface area contributed by atoms with Crippen molar-refractivity contribution in [1.82, 2.24) is 0 Å². The molecule has 0 saturated heterocycles. The van der Waals surface area contributed by atoms with E-state index in [0.29, 0.717) is 6.61 Å². The predicted molar refractivity (Wildman–Crippen MR) is 56.0 cm³/mol. The number of hydrogen-bond acceptors (Lipinski definition) is 2. The van der Waals surface area contributed by atoms with E-state index in [1.807, 2.05) is 0 Å². The molecule has 82 valence electrons. The third kappa shape index (κ3) is 5.10. The summed E-state index contributed by atoms with van der Waals surface area (Å²) in [5, 5.41) is 0. The minimum absolute atomic E-state index is 0.492. The average molecular weight is 199 g/mol. The number of nitrogens with two attached hydrogens (primary N) is 1. The maximum Gasteiger partial charge on any atom is 0.404 e. The zero-order chi connectivity index (χ0) is 10.2. The fourth-order valence-electron chi connectivity index (χ4n) is 2.20. The molecule has 1 saturated carbocycles. The van der Waals surface area contributed by atoms with Crippen molar-refractivity contribution < 1.29 is 9.53 Å². The van der Waals surface area contributed by atoms with Crippen molar-refractivity contribution in [3.05, 3.63) is 0 Å². The Hall–Kier alpha value is -0.730. The number of ether oxygens (including phenoxy) is 1. The summed E-state index contributed by atoms with van der Waals surface area (Å²) < 4.78 is 4.70. The second-order valence-corrected chi connectivity index (χ2v) is 4.17. The van der Waals surface area contributed by atoms with E-state index in [1.165, 1.54) is 44.9 Å². The highest BCUT2D eigenvalue weighted by molar-refractivity contribution is 5.64. The lowest BCUT2D eigenvalue weighted by atomic mass is 9.95. The molecule has 2 N–H and O–H groups in total. The maximum atomic E-state index is 10.3. The monoisotopic (exact) mass is 199 g/mol. The first-order chi connectivity index (χ1) is 6.79. The molecular weight excluding hydrogens is 178 g/mol.